The third-order valence-corrected chi connectivity index (χ3v) is 6.08. The van der Waals surface area contributed by atoms with Crippen LogP contribution < -0.4 is 5.73 Å². The summed E-state index contributed by atoms with van der Waals surface area (Å²) < 4.78 is 13.9. The third-order valence-electron chi connectivity index (χ3n) is 3.49. The van der Waals surface area contributed by atoms with Gasteiger partial charge in [-0.15, -0.1) is 0 Å². The van der Waals surface area contributed by atoms with E-state index in [1.807, 2.05) is 0 Å². The predicted molar refractivity (Wildman–Crippen MR) is 69.2 cm³/mol. The minimum atomic E-state index is -2.71. The van der Waals surface area contributed by atoms with E-state index in [1.54, 1.807) is 4.57 Å². The molecule has 3 atom stereocenters. The number of aliphatic hydroxyl groups is 2. The largest absolute Gasteiger partial charge is 0.390 e. The molecule has 0 aromatic carbocycles. The molecule has 0 aliphatic carbocycles. The standard InChI is InChI=1S/C10H14N5O3P/c11-9-8-10(13-3-12-9)15(4-14-8)6-1-19(18,5-16)2-7(6)17/h3-4,6-7,16-17H,1-2,5H2,(H2,11,12,13)/t6-,7-,19-/m0/s1. The van der Waals surface area contributed by atoms with E-state index in [9.17, 15) is 14.8 Å². The highest BCUT2D eigenvalue weighted by atomic mass is 31.2. The Morgan fingerprint density at radius 1 is 1.42 bits per heavy atom. The molecule has 0 saturated carbocycles. The van der Waals surface area contributed by atoms with Crippen molar-refractivity contribution in [3.8, 4) is 0 Å². The lowest BCUT2D eigenvalue weighted by atomic mass is 10.2. The van der Waals surface area contributed by atoms with Crippen molar-refractivity contribution in [2.24, 2.45) is 0 Å². The molecule has 0 radical (unpaired) electrons. The summed E-state index contributed by atoms with van der Waals surface area (Å²) in [5.74, 6) is 0.265. The molecule has 8 nitrogen and oxygen atoms in total. The van der Waals surface area contributed by atoms with Crippen LogP contribution in [0.2, 0.25) is 0 Å². The molecule has 2 aromatic heterocycles. The highest BCUT2D eigenvalue weighted by molar-refractivity contribution is 7.64. The Kier molecular flexibility index (Phi) is 2.81. The van der Waals surface area contributed by atoms with E-state index >= 15 is 0 Å². The molecule has 3 rings (SSSR count). The zero-order chi connectivity index (χ0) is 13.6. The van der Waals surface area contributed by atoms with Crippen LogP contribution in [0.5, 0.6) is 0 Å². The van der Waals surface area contributed by atoms with Gasteiger partial charge in [0.15, 0.2) is 11.5 Å². The maximum Gasteiger partial charge on any atom is 0.165 e. The predicted octanol–water partition coefficient (Wildman–Crippen LogP) is -0.363. The molecule has 1 fully saturated rings. The second-order valence-electron chi connectivity index (χ2n) is 4.78. The highest BCUT2D eigenvalue weighted by Gasteiger charge is 2.42. The third kappa shape index (κ3) is 1.92. The molecule has 0 amide bonds. The molecular formula is C10H14N5O3P. The Balaban J connectivity index is 2.06. The first-order valence-electron chi connectivity index (χ1n) is 5.83. The minimum absolute atomic E-state index is 0.119. The molecule has 2 aromatic rings. The molecule has 1 aliphatic heterocycles. The Bertz CT molecular complexity index is 672. The number of nitrogens with zero attached hydrogens (tertiary/aromatic N) is 4. The van der Waals surface area contributed by atoms with Crippen molar-refractivity contribution in [2.45, 2.75) is 12.1 Å². The van der Waals surface area contributed by atoms with Crippen LogP contribution in [0, 0.1) is 0 Å². The molecule has 4 N–H and O–H groups in total. The van der Waals surface area contributed by atoms with Crippen LogP contribution in [0.25, 0.3) is 11.2 Å². The molecule has 102 valence electrons. The van der Waals surface area contributed by atoms with Gasteiger partial charge in [0.25, 0.3) is 0 Å². The number of hydrogen-bond donors (Lipinski definition) is 3. The van der Waals surface area contributed by atoms with Crippen molar-refractivity contribution in [1.29, 1.82) is 0 Å². The Morgan fingerprint density at radius 3 is 2.89 bits per heavy atom. The lowest BCUT2D eigenvalue weighted by molar-refractivity contribution is 0.154. The van der Waals surface area contributed by atoms with Gasteiger partial charge in [-0.2, -0.15) is 0 Å². The number of imidazole rings is 1. The van der Waals surface area contributed by atoms with Crippen molar-refractivity contribution in [2.75, 3.05) is 24.4 Å². The second-order valence-corrected chi connectivity index (χ2v) is 7.91. The van der Waals surface area contributed by atoms with E-state index in [0.717, 1.165) is 0 Å². The van der Waals surface area contributed by atoms with E-state index < -0.39 is 19.3 Å². The summed E-state index contributed by atoms with van der Waals surface area (Å²) in [6.07, 6.45) is 2.02. The summed E-state index contributed by atoms with van der Waals surface area (Å²) in [7, 11) is -2.71. The molecular weight excluding hydrogens is 269 g/mol. The van der Waals surface area contributed by atoms with Crippen molar-refractivity contribution in [3.05, 3.63) is 12.7 Å². The number of nitrogen functional groups attached to an aromatic ring is 1. The summed E-state index contributed by atoms with van der Waals surface area (Å²) in [6.45, 7) is 0. The van der Waals surface area contributed by atoms with E-state index in [2.05, 4.69) is 15.0 Å². The van der Waals surface area contributed by atoms with Crippen LogP contribution in [-0.2, 0) is 4.57 Å². The van der Waals surface area contributed by atoms with Gasteiger partial charge in [0.05, 0.1) is 24.8 Å². The minimum Gasteiger partial charge on any atom is -0.390 e. The van der Waals surface area contributed by atoms with Crippen molar-refractivity contribution >= 4 is 24.1 Å². The second kappa shape index (κ2) is 4.26. The van der Waals surface area contributed by atoms with Gasteiger partial charge in [-0.3, -0.25) is 0 Å². The molecule has 0 bridgehead atoms. The number of hydrogen-bond acceptors (Lipinski definition) is 7. The number of fused-ring (bicyclic) bond motifs is 1. The maximum atomic E-state index is 12.2. The van der Waals surface area contributed by atoms with Gasteiger partial charge >= 0.3 is 0 Å². The normalized spacial score (nSPS) is 31.1. The quantitative estimate of drug-likeness (QED) is 0.642. The molecule has 0 unspecified atom stereocenters. The Hall–Kier alpha value is -1.50. The SMILES string of the molecule is Nc1ncnc2c1ncn2[C@H]1C[P@@](=O)(CO)C[C@@H]1O. The van der Waals surface area contributed by atoms with Crippen LogP contribution in [0.3, 0.4) is 0 Å². The van der Waals surface area contributed by atoms with Crippen LogP contribution in [-0.4, -0.2) is 54.5 Å². The van der Waals surface area contributed by atoms with Gasteiger partial charge in [-0.25, -0.2) is 15.0 Å². The molecule has 9 heteroatoms. The molecule has 3 heterocycles. The lowest BCUT2D eigenvalue weighted by Crippen LogP contribution is -2.21. The molecule has 1 saturated heterocycles. The van der Waals surface area contributed by atoms with Crippen LogP contribution in [0.4, 0.5) is 5.82 Å². The van der Waals surface area contributed by atoms with Gasteiger partial charge in [0, 0.05) is 12.3 Å². The lowest BCUT2D eigenvalue weighted by Gasteiger charge is -2.15. The van der Waals surface area contributed by atoms with Gasteiger partial charge in [0.2, 0.25) is 0 Å². The number of rotatable bonds is 2. The summed E-state index contributed by atoms with van der Waals surface area (Å²) in [4.78, 5) is 12.1. The van der Waals surface area contributed by atoms with Gasteiger partial charge < -0.3 is 25.1 Å². The van der Waals surface area contributed by atoms with Gasteiger partial charge in [0.1, 0.15) is 19.0 Å². The zero-order valence-corrected chi connectivity index (χ0v) is 10.9. The summed E-state index contributed by atoms with van der Waals surface area (Å²) in [5.41, 5.74) is 6.66. The number of aliphatic hydroxyl groups excluding tert-OH is 2. The summed E-state index contributed by atoms with van der Waals surface area (Å²) >= 11 is 0. The van der Waals surface area contributed by atoms with E-state index in [1.165, 1.54) is 12.7 Å². The van der Waals surface area contributed by atoms with Crippen molar-refractivity contribution < 1.29 is 14.8 Å². The van der Waals surface area contributed by atoms with Crippen molar-refractivity contribution in [3.63, 3.8) is 0 Å². The zero-order valence-electron chi connectivity index (χ0n) is 10.0. The van der Waals surface area contributed by atoms with Crippen molar-refractivity contribution in [1.82, 2.24) is 19.5 Å². The first-order chi connectivity index (χ1) is 9.04. The monoisotopic (exact) mass is 283 g/mol. The van der Waals surface area contributed by atoms with Crippen LogP contribution in [0.15, 0.2) is 12.7 Å². The molecule has 1 aliphatic rings. The number of nitrogens with two attached hydrogens (primary N) is 1. The van der Waals surface area contributed by atoms with Crippen LogP contribution in [0.1, 0.15) is 6.04 Å². The summed E-state index contributed by atoms with van der Waals surface area (Å²) in [5, 5.41) is 19.2. The van der Waals surface area contributed by atoms with E-state index in [-0.39, 0.29) is 24.5 Å². The average molecular weight is 283 g/mol. The first kappa shape index (κ1) is 12.5. The Morgan fingerprint density at radius 2 is 2.21 bits per heavy atom. The number of anilines is 1. The smallest absolute Gasteiger partial charge is 0.165 e. The maximum absolute atomic E-state index is 12.2. The first-order valence-corrected chi connectivity index (χ1v) is 8.09. The molecule has 19 heavy (non-hydrogen) atoms. The van der Waals surface area contributed by atoms with E-state index in [4.69, 9.17) is 5.73 Å². The average Bonchev–Trinajstić information content (AvgIpc) is 2.92. The van der Waals surface area contributed by atoms with Gasteiger partial charge in [-0.1, -0.05) is 0 Å². The summed E-state index contributed by atoms with van der Waals surface area (Å²) in [6, 6.07) is -0.405. The Labute approximate surface area is 108 Å². The fourth-order valence-electron chi connectivity index (χ4n) is 2.50. The highest BCUT2D eigenvalue weighted by Crippen LogP contribution is 2.54. The fraction of sp³-hybridized carbons (Fsp3) is 0.500. The topological polar surface area (TPSA) is 127 Å². The molecule has 0 spiro atoms. The fourth-order valence-corrected chi connectivity index (χ4v) is 4.91. The van der Waals surface area contributed by atoms with Gasteiger partial charge in [-0.05, 0) is 0 Å². The van der Waals surface area contributed by atoms with E-state index in [0.29, 0.717) is 11.2 Å². The van der Waals surface area contributed by atoms with Crippen LogP contribution >= 0.6 is 7.14 Å². The number of aromatic nitrogens is 4.